The van der Waals surface area contributed by atoms with Crippen molar-refractivity contribution >= 4 is 11.7 Å². The van der Waals surface area contributed by atoms with Gasteiger partial charge in [0.25, 0.3) is 5.91 Å². The predicted octanol–water partition coefficient (Wildman–Crippen LogP) is 5.72. The number of oxime groups is 1. The van der Waals surface area contributed by atoms with E-state index in [0.717, 1.165) is 33.4 Å². The molecule has 1 aliphatic carbocycles. The van der Waals surface area contributed by atoms with Crippen LogP contribution in [0.25, 0.3) is 11.1 Å². The number of halogens is 1. The van der Waals surface area contributed by atoms with Crippen molar-refractivity contribution in [3.05, 3.63) is 130 Å². The summed E-state index contributed by atoms with van der Waals surface area (Å²) in [5.41, 5.74) is 13.1. The fourth-order valence-electron chi connectivity index (χ4n) is 5.11. The van der Waals surface area contributed by atoms with Gasteiger partial charge in [-0.05, 0) is 51.6 Å². The van der Waals surface area contributed by atoms with E-state index in [9.17, 15) is 9.18 Å². The lowest BCUT2D eigenvalue weighted by molar-refractivity contribution is 0.0950. The molecule has 5 rings (SSSR count). The van der Waals surface area contributed by atoms with Crippen molar-refractivity contribution in [2.45, 2.75) is 25.5 Å². The third-order valence-corrected chi connectivity index (χ3v) is 7.16. The van der Waals surface area contributed by atoms with E-state index in [4.69, 9.17) is 15.7 Å². The monoisotopic (exact) mass is 509 g/mol. The van der Waals surface area contributed by atoms with E-state index in [2.05, 4.69) is 17.4 Å². The van der Waals surface area contributed by atoms with Gasteiger partial charge in [0, 0.05) is 36.3 Å². The second-order valence-electron chi connectivity index (χ2n) is 9.37. The molecule has 4 aromatic rings. The summed E-state index contributed by atoms with van der Waals surface area (Å²) in [4.78, 5) is 13.0. The molecule has 6 nitrogen and oxygen atoms in total. The summed E-state index contributed by atoms with van der Waals surface area (Å²) in [6.45, 7) is 2.43. The van der Waals surface area contributed by atoms with Crippen molar-refractivity contribution < 1.29 is 19.1 Å². The number of fused-ring (bicyclic) bond motifs is 2. The predicted molar refractivity (Wildman–Crippen MR) is 145 cm³/mol. The minimum absolute atomic E-state index is 0.0166. The zero-order chi connectivity index (χ0) is 26.8. The first-order valence-corrected chi connectivity index (χ1v) is 12.3. The van der Waals surface area contributed by atoms with E-state index < -0.39 is 0 Å². The third-order valence-electron chi connectivity index (χ3n) is 7.16. The first kappa shape index (κ1) is 25.2. The maximum Gasteiger partial charge on any atom is 0.251 e. The molecule has 38 heavy (non-hydrogen) atoms. The number of nitrogens with two attached hydrogens (primary N) is 1. The largest absolute Gasteiger partial charge is 0.409 e. The van der Waals surface area contributed by atoms with Gasteiger partial charge in [0.05, 0.1) is 0 Å². The van der Waals surface area contributed by atoms with Gasteiger partial charge in [-0.1, -0.05) is 78.8 Å². The number of nitrogens with zero attached hydrogens (tertiary/aromatic N) is 1. The Kier molecular flexibility index (Phi) is 6.94. The number of hydrogen-bond donors (Lipinski definition) is 3. The summed E-state index contributed by atoms with van der Waals surface area (Å²) < 4.78 is 20.4. The zero-order valence-electron chi connectivity index (χ0n) is 21.1. The molecule has 0 fully saturated rings. The number of hydrogen-bond acceptors (Lipinski definition) is 4. The van der Waals surface area contributed by atoms with Crippen LogP contribution in [0.4, 0.5) is 4.39 Å². The van der Waals surface area contributed by atoms with E-state index in [1.54, 1.807) is 31.4 Å². The highest BCUT2D eigenvalue weighted by Crippen LogP contribution is 2.45. The van der Waals surface area contributed by atoms with E-state index in [1.807, 2.05) is 54.6 Å². The van der Waals surface area contributed by atoms with Crippen molar-refractivity contribution in [3.63, 3.8) is 0 Å². The molecule has 7 heteroatoms. The number of amidine groups is 1. The molecule has 1 amide bonds. The molecular weight excluding hydrogens is 481 g/mol. The van der Waals surface area contributed by atoms with Gasteiger partial charge in [0.1, 0.15) is 11.9 Å². The number of amides is 1. The van der Waals surface area contributed by atoms with Crippen LogP contribution in [0.5, 0.6) is 0 Å². The van der Waals surface area contributed by atoms with Crippen LogP contribution in [-0.4, -0.2) is 24.1 Å². The number of benzene rings is 4. The molecule has 0 aliphatic heterocycles. The topological polar surface area (TPSA) is 96.9 Å². The third kappa shape index (κ3) is 4.64. The van der Waals surface area contributed by atoms with E-state index in [1.165, 1.54) is 6.07 Å². The first-order chi connectivity index (χ1) is 18.4. The molecule has 0 heterocycles. The highest BCUT2D eigenvalue weighted by molar-refractivity contribution is 5.97. The van der Waals surface area contributed by atoms with Gasteiger partial charge in [0.2, 0.25) is 0 Å². The van der Waals surface area contributed by atoms with Crippen LogP contribution in [0.2, 0.25) is 0 Å². The minimum Gasteiger partial charge on any atom is -0.409 e. The Morgan fingerprint density at radius 2 is 1.61 bits per heavy atom. The van der Waals surface area contributed by atoms with Crippen molar-refractivity contribution in [1.82, 2.24) is 5.32 Å². The van der Waals surface area contributed by atoms with Crippen LogP contribution < -0.4 is 11.1 Å². The van der Waals surface area contributed by atoms with Gasteiger partial charge >= 0.3 is 0 Å². The van der Waals surface area contributed by atoms with Crippen molar-refractivity contribution in [2.24, 2.45) is 10.9 Å². The van der Waals surface area contributed by atoms with Gasteiger partial charge in [-0.3, -0.25) is 4.79 Å². The van der Waals surface area contributed by atoms with E-state index >= 15 is 0 Å². The normalized spacial score (nSPS) is 16.4. The molecule has 0 saturated heterocycles. The second kappa shape index (κ2) is 10.5. The van der Waals surface area contributed by atoms with E-state index in [0.29, 0.717) is 23.2 Å². The zero-order valence-corrected chi connectivity index (χ0v) is 21.1. The second-order valence-corrected chi connectivity index (χ2v) is 9.37. The van der Waals surface area contributed by atoms with Crippen LogP contribution in [0.15, 0.2) is 90.1 Å². The Hall–Kier alpha value is -4.49. The highest BCUT2D eigenvalue weighted by Gasteiger charge is 2.31. The molecule has 0 saturated carbocycles. The molecule has 0 bridgehead atoms. The van der Waals surface area contributed by atoms with E-state index in [-0.39, 0.29) is 29.6 Å². The van der Waals surface area contributed by atoms with Crippen LogP contribution in [0.3, 0.4) is 0 Å². The maximum absolute atomic E-state index is 14.5. The Morgan fingerprint density at radius 3 is 2.29 bits per heavy atom. The summed E-state index contributed by atoms with van der Waals surface area (Å²) in [7, 11) is 1.67. The lowest BCUT2D eigenvalue weighted by atomic mass is 9.76. The fourth-order valence-corrected chi connectivity index (χ4v) is 5.11. The molecule has 0 radical (unpaired) electrons. The summed E-state index contributed by atoms with van der Waals surface area (Å²) in [5, 5.41) is 14.8. The van der Waals surface area contributed by atoms with Crippen LogP contribution >= 0.6 is 0 Å². The minimum atomic E-state index is -0.281. The van der Waals surface area contributed by atoms with Crippen LogP contribution in [0.1, 0.15) is 62.7 Å². The molecule has 4 N–H and O–H groups in total. The molecule has 192 valence electrons. The average Bonchev–Trinajstić information content (AvgIpc) is 2.96. The van der Waals surface area contributed by atoms with Crippen molar-refractivity contribution in [2.75, 3.05) is 7.11 Å². The quantitative estimate of drug-likeness (QED) is 0.134. The molecule has 0 spiro atoms. The summed E-state index contributed by atoms with van der Waals surface area (Å²) in [5.74, 6) is -0.448. The van der Waals surface area contributed by atoms with Crippen LogP contribution in [0, 0.1) is 5.82 Å². The Morgan fingerprint density at radius 1 is 0.947 bits per heavy atom. The van der Waals surface area contributed by atoms with Gasteiger partial charge in [-0.25, -0.2) is 4.39 Å². The summed E-state index contributed by atoms with van der Waals surface area (Å²) in [6, 6.07) is 25.5. The Balaban J connectivity index is 1.40. The van der Waals surface area contributed by atoms with Gasteiger partial charge in [-0.15, -0.1) is 0 Å². The number of rotatable bonds is 6. The van der Waals surface area contributed by atoms with Crippen molar-refractivity contribution in [3.8, 4) is 11.1 Å². The van der Waals surface area contributed by atoms with Gasteiger partial charge < -0.3 is 21.0 Å². The number of ether oxygens (including phenoxy) is 1. The number of methoxy groups -OCH3 is 1. The molecular formula is C31H28FN3O3. The molecule has 1 aliphatic rings. The summed E-state index contributed by atoms with van der Waals surface area (Å²) in [6.07, 6.45) is -0.281. The number of carbonyl (C=O) groups is 1. The Bertz CT molecular complexity index is 1530. The highest BCUT2D eigenvalue weighted by atomic mass is 19.1. The molecule has 0 aromatic heterocycles. The number of nitrogens with one attached hydrogen (secondary N) is 1. The molecule has 0 unspecified atom stereocenters. The maximum atomic E-state index is 14.5. The van der Waals surface area contributed by atoms with Gasteiger partial charge in [-0.2, -0.15) is 0 Å². The fraction of sp³-hybridized carbons (Fsp3) is 0.161. The SMILES string of the molecule is CO[C@@H]1c2ccc(C(=O)NCc3ccc(C(N)=NO)cc3)cc2[C@H](C)c2cc(-c3ccccc3F)ccc21. The lowest BCUT2D eigenvalue weighted by Crippen LogP contribution is -2.24. The lowest BCUT2D eigenvalue weighted by Gasteiger charge is -2.32. The number of carbonyl (C=O) groups excluding carboxylic acids is 1. The summed E-state index contributed by atoms with van der Waals surface area (Å²) >= 11 is 0. The smallest absolute Gasteiger partial charge is 0.251 e. The molecule has 2 atom stereocenters. The standard InChI is InChI=1S/C31H28FN3O3/c1-18-26-15-21(23-5-3-4-6-28(23)32)11-13-24(26)29(38-2)25-14-12-22(16-27(18)25)31(36)34-17-19-7-9-20(10-8-19)30(33)35-37/h3-16,18,29,37H,17H2,1-2H3,(H2,33,35)(H,34,36)/t18-,29+/m1/s1. The first-order valence-electron chi connectivity index (χ1n) is 12.3. The molecule has 4 aromatic carbocycles. The van der Waals surface area contributed by atoms with Crippen molar-refractivity contribution in [1.29, 1.82) is 0 Å². The Labute approximate surface area is 220 Å². The average molecular weight is 510 g/mol. The van der Waals surface area contributed by atoms with Gasteiger partial charge in [0.15, 0.2) is 5.84 Å². The van der Waals surface area contributed by atoms with Crippen LogP contribution in [-0.2, 0) is 11.3 Å².